The van der Waals surface area contributed by atoms with Crippen LogP contribution in [0.3, 0.4) is 0 Å². The number of hydrogen-bond acceptors (Lipinski definition) is 4. The maximum atomic E-state index is 5.19. The van der Waals surface area contributed by atoms with Crippen LogP contribution in [0.15, 0.2) is 4.52 Å². The van der Waals surface area contributed by atoms with Crippen LogP contribution in [0.25, 0.3) is 0 Å². The quantitative estimate of drug-likeness (QED) is 0.900. The molecule has 1 saturated heterocycles. The van der Waals surface area contributed by atoms with E-state index in [9.17, 15) is 0 Å². The lowest BCUT2D eigenvalue weighted by atomic mass is 10.0. The highest BCUT2D eigenvalue weighted by Gasteiger charge is 2.20. The minimum atomic E-state index is 0. The molecule has 0 saturated carbocycles. The van der Waals surface area contributed by atoms with E-state index in [-0.39, 0.29) is 12.4 Å². The Morgan fingerprint density at radius 3 is 2.47 bits per heavy atom. The number of likely N-dealkylation sites (tertiary alicyclic amines) is 1. The molecule has 17 heavy (non-hydrogen) atoms. The van der Waals surface area contributed by atoms with Crippen LogP contribution in [0.2, 0.25) is 0 Å². The topological polar surface area (TPSA) is 41.3 Å². The van der Waals surface area contributed by atoms with E-state index in [4.69, 9.17) is 4.52 Å². The van der Waals surface area contributed by atoms with Crippen molar-refractivity contribution in [1.82, 2.24) is 15.4 Å². The largest absolute Gasteiger partial charge is 0.361 e. The fourth-order valence-corrected chi connectivity index (χ4v) is 2.33. The van der Waals surface area contributed by atoms with Gasteiger partial charge in [0.05, 0.1) is 5.69 Å². The highest BCUT2D eigenvalue weighted by atomic mass is 35.5. The van der Waals surface area contributed by atoms with Crippen LogP contribution in [0.1, 0.15) is 29.9 Å². The van der Waals surface area contributed by atoms with Gasteiger partial charge in [-0.3, -0.25) is 4.90 Å². The molecule has 0 aliphatic carbocycles. The molecule has 0 amide bonds. The van der Waals surface area contributed by atoms with Crippen molar-refractivity contribution in [2.24, 2.45) is 0 Å². The van der Waals surface area contributed by atoms with E-state index in [0.717, 1.165) is 31.1 Å². The van der Waals surface area contributed by atoms with Crippen molar-refractivity contribution in [3.63, 3.8) is 0 Å². The number of halogens is 1. The summed E-state index contributed by atoms with van der Waals surface area (Å²) < 4.78 is 5.19. The molecule has 1 aromatic rings. The summed E-state index contributed by atoms with van der Waals surface area (Å²) in [6.45, 7) is 7.32. The minimum Gasteiger partial charge on any atom is -0.361 e. The molecule has 98 valence electrons. The molecule has 0 aromatic carbocycles. The van der Waals surface area contributed by atoms with Crippen molar-refractivity contribution < 1.29 is 4.52 Å². The molecule has 1 aliphatic rings. The summed E-state index contributed by atoms with van der Waals surface area (Å²) in [5.41, 5.74) is 2.30. The van der Waals surface area contributed by atoms with Crippen molar-refractivity contribution in [3.8, 4) is 0 Å². The second-order valence-electron chi connectivity index (χ2n) is 4.64. The summed E-state index contributed by atoms with van der Waals surface area (Å²) in [6, 6.07) is 0.695. The summed E-state index contributed by atoms with van der Waals surface area (Å²) in [5, 5.41) is 7.35. The summed E-state index contributed by atoms with van der Waals surface area (Å²) in [6.07, 6.45) is 2.47. The highest BCUT2D eigenvalue weighted by Crippen LogP contribution is 2.18. The Morgan fingerprint density at radius 2 is 2.00 bits per heavy atom. The zero-order valence-corrected chi connectivity index (χ0v) is 11.6. The third-order valence-electron chi connectivity index (χ3n) is 3.56. The smallest absolute Gasteiger partial charge is 0.138 e. The molecule has 0 unspecified atom stereocenters. The van der Waals surface area contributed by atoms with Gasteiger partial charge in [-0.05, 0) is 46.8 Å². The average molecular weight is 260 g/mol. The maximum Gasteiger partial charge on any atom is 0.138 e. The van der Waals surface area contributed by atoms with Gasteiger partial charge in [0.25, 0.3) is 0 Å². The van der Waals surface area contributed by atoms with Crippen LogP contribution < -0.4 is 5.32 Å². The predicted molar refractivity (Wildman–Crippen MR) is 70.6 cm³/mol. The van der Waals surface area contributed by atoms with Gasteiger partial charge in [0.2, 0.25) is 0 Å². The van der Waals surface area contributed by atoms with E-state index in [1.807, 2.05) is 13.8 Å². The molecule has 0 bridgehead atoms. The Morgan fingerprint density at radius 1 is 1.35 bits per heavy atom. The van der Waals surface area contributed by atoms with E-state index in [1.165, 1.54) is 18.4 Å². The van der Waals surface area contributed by atoms with Gasteiger partial charge < -0.3 is 9.84 Å². The fraction of sp³-hybridized carbons (Fsp3) is 0.750. The van der Waals surface area contributed by atoms with Gasteiger partial charge in [-0.1, -0.05) is 5.16 Å². The lowest BCUT2D eigenvalue weighted by Crippen LogP contribution is -2.40. The molecule has 4 nitrogen and oxygen atoms in total. The molecular formula is C12H22ClN3O. The first-order valence-corrected chi connectivity index (χ1v) is 6.02. The Bertz CT molecular complexity index is 326. The van der Waals surface area contributed by atoms with Crippen molar-refractivity contribution in [2.45, 2.75) is 39.3 Å². The average Bonchev–Trinajstić information content (AvgIpc) is 2.62. The third kappa shape index (κ3) is 3.44. The molecule has 2 rings (SSSR count). The van der Waals surface area contributed by atoms with E-state index in [0.29, 0.717) is 6.04 Å². The van der Waals surface area contributed by atoms with Crippen molar-refractivity contribution in [2.75, 3.05) is 20.1 Å². The lowest BCUT2D eigenvalue weighted by Gasteiger charge is -2.31. The molecule has 2 heterocycles. The Labute approximate surface area is 109 Å². The van der Waals surface area contributed by atoms with Gasteiger partial charge in [-0.15, -0.1) is 12.4 Å². The SMILES string of the molecule is CNC1CCN(Cc2c(C)noc2C)CC1.Cl. The molecule has 1 N–H and O–H groups in total. The van der Waals surface area contributed by atoms with Crippen LogP contribution in [-0.2, 0) is 6.54 Å². The molecule has 0 atom stereocenters. The van der Waals surface area contributed by atoms with E-state index in [2.05, 4.69) is 22.4 Å². The monoisotopic (exact) mass is 259 g/mol. The first-order valence-electron chi connectivity index (χ1n) is 6.02. The van der Waals surface area contributed by atoms with Crippen LogP contribution in [0.4, 0.5) is 0 Å². The Hall–Kier alpha value is -0.580. The van der Waals surface area contributed by atoms with Gasteiger partial charge in [0.15, 0.2) is 0 Å². The van der Waals surface area contributed by atoms with Gasteiger partial charge >= 0.3 is 0 Å². The molecule has 0 radical (unpaired) electrons. The van der Waals surface area contributed by atoms with Gasteiger partial charge in [-0.25, -0.2) is 0 Å². The predicted octanol–water partition coefficient (Wildman–Crippen LogP) is 1.90. The molecule has 1 aliphatic heterocycles. The van der Waals surface area contributed by atoms with Crippen LogP contribution >= 0.6 is 12.4 Å². The number of rotatable bonds is 3. The van der Waals surface area contributed by atoms with Gasteiger partial charge in [0, 0.05) is 18.2 Å². The zero-order valence-electron chi connectivity index (χ0n) is 10.8. The zero-order chi connectivity index (χ0) is 11.5. The minimum absolute atomic E-state index is 0. The Kier molecular flexibility index (Phi) is 5.43. The summed E-state index contributed by atoms with van der Waals surface area (Å²) in [4.78, 5) is 2.49. The number of nitrogens with one attached hydrogen (secondary N) is 1. The van der Waals surface area contributed by atoms with E-state index >= 15 is 0 Å². The highest BCUT2D eigenvalue weighted by molar-refractivity contribution is 5.85. The number of aromatic nitrogens is 1. The first-order chi connectivity index (χ1) is 7.70. The molecule has 0 spiro atoms. The van der Waals surface area contributed by atoms with E-state index in [1.54, 1.807) is 0 Å². The normalized spacial score (nSPS) is 18.1. The fourth-order valence-electron chi connectivity index (χ4n) is 2.33. The number of aryl methyl sites for hydroxylation is 2. The van der Waals surface area contributed by atoms with Crippen LogP contribution in [0.5, 0.6) is 0 Å². The van der Waals surface area contributed by atoms with Crippen LogP contribution in [-0.4, -0.2) is 36.2 Å². The summed E-state index contributed by atoms with van der Waals surface area (Å²) in [7, 11) is 2.05. The first kappa shape index (κ1) is 14.5. The molecule has 1 aromatic heterocycles. The summed E-state index contributed by atoms with van der Waals surface area (Å²) in [5.74, 6) is 0.966. The molecule has 5 heteroatoms. The number of nitrogens with zero attached hydrogens (tertiary/aromatic N) is 2. The number of hydrogen-bond donors (Lipinski definition) is 1. The van der Waals surface area contributed by atoms with E-state index < -0.39 is 0 Å². The molecule has 1 fully saturated rings. The standard InChI is InChI=1S/C12H21N3O.ClH/c1-9-12(10(2)16-14-9)8-15-6-4-11(13-3)5-7-15;/h11,13H,4-8H2,1-3H3;1H. The van der Waals surface area contributed by atoms with Crippen molar-refractivity contribution >= 4 is 12.4 Å². The maximum absolute atomic E-state index is 5.19. The third-order valence-corrected chi connectivity index (χ3v) is 3.56. The van der Waals surface area contributed by atoms with Gasteiger partial charge in [-0.2, -0.15) is 0 Å². The summed E-state index contributed by atoms with van der Waals surface area (Å²) >= 11 is 0. The van der Waals surface area contributed by atoms with Crippen LogP contribution in [0, 0.1) is 13.8 Å². The van der Waals surface area contributed by atoms with Crippen molar-refractivity contribution in [1.29, 1.82) is 0 Å². The lowest BCUT2D eigenvalue weighted by molar-refractivity contribution is 0.193. The second-order valence-corrected chi connectivity index (χ2v) is 4.64. The number of piperidine rings is 1. The van der Waals surface area contributed by atoms with Gasteiger partial charge in [0.1, 0.15) is 5.76 Å². The molecular weight excluding hydrogens is 238 g/mol. The van der Waals surface area contributed by atoms with Crippen molar-refractivity contribution in [3.05, 3.63) is 17.0 Å². The second kappa shape index (κ2) is 6.38. The Balaban J connectivity index is 0.00000144.